The summed E-state index contributed by atoms with van der Waals surface area (Å²) >= 11 is 0. The van der Waals surface area contributed by atoms with Gasteiger partial charge in [-0.2, -0.15) is 0 Å². The van der Waals surface area contributed by atoms with Gasteiger partial charge in [0.25, 0.3) is 5.91 Å². The lowest BCUT2D eigenvalue weighted by Gasteiger charge is -2.19. The summed E-state index contributed by atoms with van der Waals surface area (Å²) in [7, 11) is 0. The van der Waals surface area contributed by atoms with Crippen molar-refractivity contribution in [3.63, 3.8) is 0 Å². The molecule has 1 amide bonds. The van der Waals surface area contributed by atoms with E-state index >= 15 is 0 Å². The highest BCUT2D eigenvalue weighted by atomic mass is 16.2. The summed E-state index contributed by atoms with van der Waals surface area (Å²) in [5, 5.41) is 0. The monoisotopic (exact) mass is 215 g/mol. The minimum atomic E-state index is -0.0896. The van der Waals surface area contributed by atoms with Crippen LogP contribution in [-0.2, 0) is 11.3 Å². The van der Waals surface area contributed by atoms with E-state index in [2.05, 4.69) is 18.8 Å². The molecule has 1 aromatic carbocycles. The van der Waals surface area contributed by atoms with Gasteiger partial charge in [0, 0.05) is 13.1 Å². The molecule has 2 heteroatoms. The SMILES string of the molecule is CC#CC(=O)N(CCC)Cc1ccccc1. The second-order valence-electron chi connectivity index (χ2n) is 3.59. The van der Waals surface area contributed by atoms with E-state index in [9.17, 15) is 4.79 Å². The number of carbonyl (C=O) groups excluding carboxylic acids is 1. The number of hydrogen-bond donors (Lipinski definition) is 0. The molecule has 2 nitrogen and oxygen atoms in total. The molecule has 16 heavy (non-hydrogen) atoms. The third kappa shape index (κ3) is 3.78. The van der Waals surface area contributed by atoms with Crippen LogP contribution in [-0.4, -0.2) is 17.4 Å². The van der Waals surface area contributed by atoms with E-state index in [4.69, 9.17) is 0 Å². The Hall–Kier alpha value is -1.75. The van der Waals surface area contributed by atoms with Gasteiger partial charge in [-0.05, 0) is 24.8 Å². The molecule has 1 aromatic rings. The van der Waals surface area contributed by atoms with Gasteiger partial charge in [-0.15, -0.1) is 0 Å². The highest BCUT2D eigenvalue weighted by Gasteiger charge is 2.09. The van der Waals surface area contributed by atoms with E-state index in [-0.39, 0.29) is 5.91 Å². The van der Waals surface area contributed by atoms with Gasteiger partial charge in [0.05, 0.1) is 0 Å². The topological polar surface area (TPSA) is 20.3 Å². The third-order valence-corrected chi connectivity index (χ3v) is 2.23. The van der Waals surface area contributed by atoms with Crippen LogP contribution in [0.2, 0.25) is 0 Å². The number of benzene rings is 1. The fraction of sp³-hybridized carbons (Fsp3) is 0.357. The second kappa shape index (κ2) is 6.68. The smallest absolute Gasteiger partial charge is 0.298 e. The maximum Gasteiger partial charge on any atom is 0.298 e. The lowest BCUT2D eigenvalue weighted by Crippen LogP contribution is -2.30. The fourth-order valence-electron chi connectivity index (χ4n) is 1.51. The van der Waals surface area contributed by atoms with Crippen molar-refractivity contribution >= 4 is 5.91 Å². The molecule has 84 valence electrons. The molecule has 0 saturated carbocycles. The summed E-state index contributed by atoms with van der Waals surface area (Å²) in [5.74, 6) is 5.15. The van der Waals surface area contributed by atoms with Gasteiger partial charge in [-0.1, -0.05) is 43.2 Å². The van der Waals surface area contributed by atoms with Gasteiger partial charge in [-0.3, -0.25) is 4.79 Å². The first-order chi connectivity index (χ1) is 7.77. The largest absolute Gasteiger partial charge is 0.328 e. The van der Waals surface area contributed by atoms with E-state index in [0.717, 1.165) is 18.5 Å². The van der Waals surface area contributed by atoms with Crippen molar-refractivity contribution in [3.05, 3.63) is 35.9 Å². The predicted octanol–water partition coefficient (Wildman–Crippen LogP) is 2.45. The Balaban J connectivity index is 2.70. The van der Waals surface area contributed by atoms with E-state index in [0.29, 0.717) is 6.54 Å². The summed E-state index contributed by atoms with van der Waals surface area (Å²) in [6.45, 7) is 5.14. The lowest BCUT2D eigenvalue weighted by atomic mass is 10.2. The minimum Gasteiger partial charge on any atom is -0.328 e. The normalized spacial score (nSPS) is 9.12. The van der Waals surface area contributed by atoms with E-state index in [1.54, 1.807) is 11.8 Å². The molecule has 0 aromatic heterocycles. The molecule has 0 aliphatic carbocycles. The minimum absolute atomic E-state index is 0.0896. The molecule has 0 heterocycles. The average molecular weight is 215 g/mol. The van der Waals surface area contributed by atoms with E-state index in [1.807, 2.05) is 30.3 Å². The van der Waals surface area contributed by atoms with Crippen molar-refractivity contribution < 1.29 is 4.79 Å². The molecule has 0 bridgehead atoms. The Labute approximate surface area is 97.3 Å². The van der Waals surface area contributed by atoms with Crippen LogP contribution in [0.1, 0.15) is 25.8 Å². The zero-order chi connectivity index (χ0) is 11.8. The van der Waals surface area contributed by atoms with Crippen LogP contribution in [0.4, 0.5) is 0 Å². The quantitative estimate of drug-likeness (QED) is 0.706. The van der Waals surface area contributed by atoms with Gasteiger partial charge < -0.3 is 4.90 Å². The molecule has 1 rings (SSSR count). The highest BCUT2D eigenvalue weighted by Crippen LogP contribution is 2.05. The standard InChI is InChI=1S/C14H17NO/c1-3-8-14(16)15(11-4-2)12-13-9-6-5-7-10-13/h5-7,9-10H,4,11-12H2,1-2H3. The van der Waals surface area contributed by atoms with E-state index in [1.165, 1.54) is 0 Å². The molecule has 0 unspecified atom stereocenters. The first-order valence-corrected chi connectivity index (χ1v) is 5.53. The predicted molar refractivity (Wildman–Crippen MR) is 65.6 cm³/mol. The molecular formula is C14H17NO. The molecule has 0 N–H and O–H groups in total. The Morgan fingerprint density at radius 2 is 2.00 bits per heavy atom. The number of carbonyl (C=O) groups is 1. The van der Waals surface area contributed by atoms with Crippen molar-refractivity contribution in [1.29, 1.82) is 0 Å². The van der Waals surface area contributed by atoms with Gasteiger partial charge in [0.15, 0.2) is 0 Å². The Morgan fingerprint density at radius 1 is 1.31 bits per heavy atom. The molecule has 0 atom stereocenters. The number of rotatable bonds is 4. The van der Waals surface area contributed by atoms with Gasteiger partial charge in [0.1, 0.15) is 0 Å². The summed E-state index contributed by atoms with van der Waals surface area (Å²) in [4.78, 5) is 13.5. The molecule has 0 saturated heterocycles. The van der Waals surface area contributed by atoms with Crippen molar-refractivity contribution in [2.24, 2.45) is 0 Å². The van der Waals surface area contributed by atoms with Crippen LogP contribution < -0.4 is 0 Å². The van der Waals surface area contributed by atoms with Crippen LogP contribution in [0.25, 0.3) is 0 Å². The Bertz CT molecular complexity index is 386. The summed E-state index contributed by atoms with van der Waals surface area (Å²) < 4.78 is 0. The van der Waals surface area contributed by atoms with Crippen molar-refractivity contribution in [2.45, 2.75) is 26.8 Å². The second-order valence-corrected chi connectivity index (χ2v) is 3.59. The van der Waals surface area contributed by atoms with Crippen molar-refractivity contribution in [1.82, 2.24) is 4.90 Å². The third-order valence-electron chi connectivity index (χ3n) is 2.23. The number of hydrogen-bond acceptors (Lipinski definition) is 1. The summed E-state index contributed by atoms with van der Waals surface area (Å²) in [6, 6.07) is 9.98. The van der Waals surface area contributed by atoms with Crippen molar-refractivity contribution in [2.75, 3.05) is 6.54 Å². The number of nitrogens with zero attached hydrogens (tertiary/aromatic N) is 1. The molecule has 0 radical (unpaired) electrons. The number of amides is 1. The zero-order valence-corrected chi connectivity index (χ0v) is 9.86. The molecule has 0 fully saturated rings. The highest BCUT2D eigenvalue weighted by molar-refractivity contribution is 5.93. The first kappa shape index (κ1) is 12.3. The average Bonchev–Trinajstić information content (AvgIpc) is 2.30. The van der Waals surface area contributed by atoms with Gasteiger partial charge in [-0.25, -0.2) is 0 Å². The summed E-state index contributed by atoms with van der Waals surface area (Å²) in [6.07, 6.45) is 0.948. The van der Waals surface area contributed by atoms with Gasteiger partial charge in [0.2, 0.25) is 0 Å². The van der Waals surface area contributed by atoms with Gasteiger partial charge >= 0.3 is 0 Å². The maximum absolute atomic E-state index is 11.7. The molecular weight excluding hydrogens is 198 g/mol. The van der Waals surface area contributed by atoms with Crippen LogP contribution in [0.3, 0.4) is 0 Å². The fourth-order valence-corrected chi connectivity index (χ4v) is 1.51. The lowest BCUT2D eigenvalue weighted by molar-refractivity contribution is -0.125. The Kier molecular flexibility index (Phi) is 5.15. The molecule has 0 aliphatic rings. The first-order valence-electron chi connectivity index (χ1n) is 5.53. The van der Waals surface area contributed by atoms with Crippen molar-refractivity contribution in [3.8, 4) is 11.8 Å². The van der Waals surface area contributed by atoms with Crippen LogP contribution >= 0.6 is 0 Å². The van der Waals surface area contributed by atoms with Crippen LogP contribution in [0, 0.1) is 11.8 Å². The Morgan fingerprint density at radius 3 is 2.56 bits per heavy atom. The molecule has 0 spiro atoms. The van der Waals surface area contributed by atoms with E-state index < -0.39 is 0 Å². The zero-order valence-electron chi connectivity index (χ0n) is 9.86. The van der Waals surface area contributed by atoms with Crippen LogP contribution in [0.5, 0.6) is 0 Å². The maximum atomic E-state index is 11.7. The summed E-state index contributed by atoms with van der Waals surface area (Å²) in [5.41, 5.74) is 1.14. The van der Waals surface area contributed by atoms with Crippen LogP contribution in [0.15, 0.2) is 30.3 Å². The molecule has 0 aliphatic heterocycles.